The molecule has 1 unspecified atom stereocenters. The van der Waals surface area contributed by atoms with Gasteiger partial charge in [0.25, 0.3) is 0 Å². The first-order valence-corrected chi connectivity index (χ1v) is 14.3. The zero-order valence-electron chi connectivity index (χ0n) is 20.0. The molecule has 9 heteroatoms. The van der Waals surface area contributed by atoms with Crippen molar-refractivity contribution in [2.24, 2.45) is 16.6 Å². The van der Waals surface area contributed by atoms with E-state index in [1.54, 1.807) is 18.9 Å². The normalized spacial score (nSPS) is 15.7. The molecule has 1 saturated heterocycles. The van der Waals surface area contributed by atoms with Crippen LogP contribution in [-0.2, 0) is 4.74 Å². The highest BCUT2D eigenvalue weighted by Crippen LogP contribution is 2.20. The Bertz CT molecular complexity index is 667. The number of amidine groups is 1. The number of nitrogens with two attached hydrogens (primary N) is 1. The lowest BCUT2D eigenvalue weighted by Gasteiger charge is -2.36. The van der Waals surface area contributed by atoms with Gasteiger partial charge in [0.1, 0.15) is 0 Å². The van der Waals surface area contributed by atoms with Gasteiger partial charge in [-0.2, -0.15) is 4.99 Å². The summed E-state index contributed by atoms with van der Waals surface area (Å²) in [7, 11) is 1.76. The summed E-state index contributed by atoms with van der Waals surface area (Å²) in [6.07, 6.45) is 3.61. The van der Waals surface area contributed by atoms with Crippen molar-refractivity contribution in [2.45, 2.75) is 33.1 Å². The third-order valence-corrected chi connectivity index (χ3v) is 6.64. The highest BCUT2D eigenvalue weighted by Gasteiger charge is 2.16. The summed E-state index contributed by atoms with van der Waals surface area (Å²) in [4.78, 5) is 9.19. The topological polar surface area (TPSA) is 66.1 Å². The summed E-state index contributed by atoms with van der Waals surface area (Å²) in [5.74, 6) is 3.49. The number of anilines is 2. The number of halogens is 1. The molecular weight excluding hydrogens is 506 g/mol. The summed E-state index contributed by atoms with van der Waals surface area (Å²) >= 11 is 9.89. The first kappa shape index (κ1) is 29.2. The number of thioether (sulfide) groups is 1. The molecule has 0 aromatic heterocycles. The fraction of sp³-hybridized carbons (Fsp3) is 0.652. The smallest absolute Gasteiger partial charge is 0.199 e. The second-order valence-corrected chi connectivity index (χ2v) is 9.05. The molecule has 0 amide bonds. The molecule has 6 nitrogen and oxygen atoms in total. The second-order valence-electron chi connectivity index (χ2n) is 7.62. The molecule has 0 aliphatic carbocycles. The average Bonchev–Trinajstić information content (AvgIpc) is 2.82. The van der Waals surface area contributed by atoms with E-state index in [2.05, 4.69) is 62.0 Å². The summed E-state index contributed by atoms with van der Waals surface area (Å²) in [5, 5.41) is 4.11. The van der Waals surface area contributed by atoms with Crippen LogP contribution in [0.3, 0.4) is 0 Å². The Balaban J connectivity index is 0.00000249. The molecule has 1 aliphatic heterocycles. The number of nitrogens with zero attached hydrogens (tertiary/aromatic N) is 3. The maximum atomic E-state index is 6.06. The number of ether oxygens (including phenoxy) is 1. The van der Waals surface area contributed by atoms with Gasteiger partial charge in [0.2, 0.25) is 0 Å². The van der Waals surface area contributed by atoms with Crippen LogP contribution in [0.5, 0.6) is 0 Å². The largest absolute Gasteiger partial charge is 0.383 e. The van der Waals surface area contributed by atoms with Gasteiger partial charge in [0, 0.05) is 57.0 Å². The molecule has 0 saturated carbocycles. The number of hydrogen-bond donors (Lipinski definition) is 2. The Morgan fingerprint density at radius 1 is 1.22 bits per heavy atom. The molecule has 1 fully saturated rings. The van der Waals surface area contributed by atoms with Crippen LogP contribution in [0.15, 0.2) is 29.3 Å². The fourth-order valence-electron chi connectivity index (χ4n) is 3.51. The van der Waals surface area contributed by atoms with Gasteiger partial charge in [-0.25, -0.2) is 0 Å². The minimum Gasteiger partial charge on any atom is -0.383 e. The van der Waals surface area contributed by atoms with E-state index in [0.717, 1.165) is 50.8 Å². The van der Waals surface area contributed by atoms with Gasteiger partial charge >= 0.3 is 0 Å². The van der Waals surface area contributed by atoms with Crippen molar-refractivity contribution in [1.29, 1.82) is 0 Å². The van der Waals surface area contributed by atoms with E-state index in [1.807, 2.05) is 18.0 Å². The minimum absolute atomic E-state index is 0.406. The molecular formula is C23H40BrN5OS2. The number of thiocarbonyl (C=S) groups is 1. The number of methoxy groups -OCH3 is 1. The van der Waals surface area contributed by atoms with Gasteiger partial charge in [-0.1, -0.05) is 54.4 Å². The van der Waals surface area contributed by atoms with E-state index >= 15 is 0 Å². The highest BCUT2D eigenvalue weighted by atomic mass is 79.9. The number of alkyl halides is 1. The van der Waals surface area contributed by atoms with Crippen LogP contribution in [-0.4, -0.2) is 73.2 Å². The zero-order chi connectivity index (χ0) is 23.8. The van der Waals surface area contributed by atoms with Crippen molar-refractivity contribution in [3.05, 3.63) is 24.3 Å². The SMILES string of the molecule is CBr.CCCC(CC)CS/C(N)=N/C(=S)Nc1ccc(N2CCN(CCOC)CC2)cc1. The molecule has 182 valence electrons. The first-order valence-electron chi connectivity index (χ1n) is 11.3. The Labute approximate surface area is 212 Å². The molecule has 0 spiro atoms. The summed E-state index contributed by atoms with van der Waals surface area (Å²) < 4.78 is 5.17. The van der Waals surface area contributed by atoms with Crippen LogP contribution in [0.2, 0.25) is 0 Å². The van der Waals surface area contributed by atoms with Crippen LogP contribution in [0, 0.1) is 5.92 Å². The van der Waals surface area contributed by atoms with Crippen molar-refractivity contribution in [3.63, 3.8) is 0 Å². The summed E-state index contributed by atoms with van der Waals surface area (Å²) in [6.45, 7) is 10.4. The van der Waals surface area contributed by atoms with E-state index in [4.69, 9.17) is 22.7 Å². The molecule has 2 rings (SSSR count). The standard InChI is InChI=1S/C22H37N5OS2.CH3Br/c1-4-6-18(5-2)17-30-21(23)25-22(29)24-19-7-9-20(10-8-19)27-13-11-26(12-14-27)15-16-28-3;1-2/h7-10,18H,4-6,11-17H2,1-3H3,(H3,23,24,25,29);1H3. The Morgan fingerprint density at radius 3 is 2.44 bits per heavy atom. The predicted octanol–water partition coefficient (Wildman–Crippen LogP) is 5.04. The third kappa shape index (κ3) is 11.3. The molecule has 1 aromatic rings. The van der Waals surface area contributed by atoms with Gasteiger partial charge in [0.15, 0.2) is 10.3 Å². The average molecular weight is 547 g/mol. The molecule has 1 heterocycles. The number of rotatable bonds is 10. The number of hydrogen-bond acceptors (Lipinski definition) is 5. The lowest BCUT2D eigenvalue weighted by molar-refractivity contribution is 0.144. The minimum atomic E-state index is 0.406. The number of piperazine rings is 1. The quantitative estimate of drug-likeness (QED) is 0.185. The number of nitrogens with one attached hydrogen (secondary N) is 1. The molecule has 32 heavy (non-hydrogen) atoms. The zero-order valence-corrected chi connectivity index (χ0v) is 23.2. The van der Waals surface area contributed by atoms with Gasteiger partial charge in [-0.05, 0) is 54.7 Å². The van der Waals surface area contributed by atoms with E-state index in [0.29, 0.717) is 16.2 Å². The van der Waals surface area contributed by atoms with Gasteiger partial charge in [-0.3, -0.25) is 4.90 Å². The summed E-state index contributed by atoms with van der Waals surface area (Å²) in [5.41, 5.74) is 8.22. The third-order valence-electron chi connectivity index (χ3n) is 5.42. The van der Waals surface area contributed by atoms with Crippen LogP contribution >= 0.6 is 39.9 Å². The number of aliphatic imine (C=N–C) groups is 1. The molecule has 1 atom stereocenters. The van der Waals surface area contributed by atoms with Gasteiger partial charge in [-0.15, -0.1) is 0 Å². The van der Waals surface area contributed by atoms with Crippen molar-refractivity contribution in [3.8, 4) is 0 Å². The monoisotopic (exact) mass is 545 g/mol. The van der Waals surface area contributed by atoms with Crippen molar-refractivity contribution >= 4 is 61.6 Å². The van der Waals surface area contributed by atoms with Crippen LogP contribution in [0.1, 0.15) is 33.1 Å². The van der Waals surface area contributed by atoms with Crippen LogP contribution < -0.4 is 16.0 Å². The first-order chi connectivity index (χ1) is 15.5. The van der Waals surface area contributed by atoms with Crippen LogP contribution in [0.25, 0.3) is 0 Å². The summed E-state index contributed by atoms with van der Waals surface area (Å²) in [6, 6.07) is 8.36. The van der Waals surface area contributed by atoms with Gasteiger partial charge < -0.3 is 20.7 Å². The predicted molar refractivity (Wildman–Crippen MR) is 151 cm³/mol. The molecule has 0 radical (unpaired) electrons. The lowest BCUT2D eigenvalue weighted by atomic mass is 10.0. The van der Waals surface area contributed by atoms with Crippen molar-refractivity contribution in [1.82, 2.24) is 4.90 Å². The maximum Gasteiger partial charge on any atom is 0.199 e. The Hall–Kier alpha value is -0.870. The van der Waals surface area contributed by atoms with Crippen LogP contribution in [0.4, 0.5) is 11.4 Å². The van der Waals surface area contributed by atoms with E-state index in [-0.39, 0.29) is 0 Å². The van der Waals surface area contributed by atoms with E-state index in [1.165, 1.54) is 24.9 Å². The van der Waals surface area contributed by atoms with E-state index in [9.17, 15) is 0 Å². The Morgan fingerprint density at radius 2 is 1.88 bits per heavy atom. The van der Waals surface area contributed by atoms with E-state index < -0.39 is 0 Å². The van der Waals surface area contributed by atoms with Gasteiger partial charge in [0.05, 0.1) is 6.61 Å². The van der Waals surface area contributed by atoms with Crippen molar-refractivity contribution < 1.29 is 4.74 Å². The molecule has 1 aromatic carbocycles. The molecule has 1 aliphatic rings. The highest BCUT2D eigenvalue weighted by molar-refractivity contribution is 9.08. The second kappa shape index (κ2) is 17.6. The fourth-order valence-corrected chi connectivity index (χ4v) is 4.74. The maximum absolute atomic E-state index is 6.06. The molecule has 3 N–H and O–H groups in total. The molecule has 0 bridgehead atoms. The van der Waals surface area contributed by atoms with Crippen molar-refractivity contribution in [2.75, 3.05) is 68.2 Å². The lowest BCUT2D eigenvalue weighted by Crippen LogP contribution is -2.47. The number of benzene rings is 1. The Kier molecular flexibility index (Phi) is 16.0.